The van der Waals surface area contributed by atoms with Crippen LogP contribution in [-0.2, 0) is 0 Å². The van der Waals surface area contributed by atoms with Crippen LogP contribution < -0.4 is 5.32 Å². The molecule has 1 aliphatic rings. The van der Waals surface area contributed by atoms with Gasteiger partial charge in [-0.15, -0.1) is 0 Å². The maximum absolute atomic E-state index is 4.76. The molecule has 1 saturated carbocycles. The Morgan fingerprint density at radius 3 is 2.33 bits per heavy atom. The Balaban J connectivity index is 1.75. The lowest BCUT2D eigenvalue weighted by Gasteiger charge is -2.21. The first-order valence-electron chi connectivity index (χ1n) is 9.39. The minimum absolute atomic E-state index is 0.241. The molecule has 0 radical (unpaired) electrons. The monoisotopic (exact) mass is 323 g/mol. The summed E-state index contributed by atoms with van der Waals surface area (Å²) in [6, 6.07) is 12.9. The highest BCUT2D eigenvalue weighted by Gasteiger charge is 2.17. The molecule has 1 unspecified atom stereocenters. The van der Waals surface area contributed by atoms with Gasteiger partial charge in [-0.05, 0) is 32.3 Å². The van der Waals surface area contributed by atoms with Crippen LogP contribution in [0.4, 0.5) is 5.82 Å². The smallest absolute Gasteiger partial charge is 0.130 e. The zero-order valence-corrected chi connectivity index (χ0v) is 15.0. The normalized spacial score (nSPS) is 17.8. The Labute approximate surface area is 145 Å². The summed E-state index contributed by atoms with van der Waals surface area (Å²) in [5.41, 5.74) is 2.51. The highest BCUT2D eigenvalue weighted by molar-refractivity contribution is 5.40. The number of nitrogens with zero attached hydrogens (tertiary/aromatic N) is 2. The van der Waals surface area contributed by atoms with Gasteiger partial charge in [-0.2, -0.15) is 0 Å². The summed E-state index contributed by atoms with van der Waals surface area (Å²) >= 11 is 0. The lowest BCUT2D eigenvalue weighted by atomic mass is 9.88. The number of hydrogen-bond acceptors (Lipinski definition) is 3. The third kappa shape index (κ3) is 4.56. The van der Waals surface area contributed by atoms with Crippen molar-refractivity contribution in [3.05, 3.63) is 53.5 Å². The van der Waals surface area contributed by atoms with Crippen molar-refractivity contribution < 1.29 is 0 Å². The van der Waals surface area contributed by atoms with Crippen LogP contribution in [0.15, 0.2) is 36.4 Å². The van der Waals surface area contributed by atoms with Crippen molar-refractivity contribution in [2.45, 2.75) is 70.8 Å². The average molecular weight is 323 g/mol. The van der Waals surface area contributed by atoms with Gasteiger partial charge in [0.05, 0.1) is 0 Å². The van der Waals surface area contributed by atoms with E-state index < -0.39 is 0 Å². The number of hydrogen-bond donors (Lipinski definition) is 1. The molecule has 1 aromatic carbocycles. The van der Waals surface area contributed by atoms with Crippen LogP contribution in [0, 0.1) is 6.92 Å². The van der Waals surface area contributed by atoms with Crippen molar-refractivity contribution in [3.8, 4) is 0 Å². The summed E-state index contributed by atoms with van der Waals surface area (Å²) in [5.74, 6) is 2.42. The molecule has 128 valence electrons. The molecule has 3 heteroatoms. The van der Waals surface area contributed by atoms with E-state index in [4.69, 9.17) is 4.98 Å². The number of rotatable bonds is 4. The summed E-state index contributed by atoms with van der Waals surface area (Å²) in [4.78, 5) is 9.37. The summed E-state index contributed by atoms with van der Waals surface area (Å²) in [5, 5.41) is 3.56. The third-order valence-corrected chi connectivity index (χ3v) is 5.05. The summed E-state index contributed by atoms with van der Waals surface area (Å²) in [7, 11) is 0. The number of nitrogens with one attached hydrogen (secondary N) is 1. The summed E-state index contributed by atoms with van der Waals surface area (Å²) in [6.45, 7) is 4.19. The van der Waals surface area contributed by atoms with Crippen LogP contribution in [0.3, 0.4) is 0 Å². The first-order valence-corrected chi connectivity index (χ1v) is 9.39. The van der Waals surface area contributed by atoms with Gasteiger partial charge < -0.3 is 5.32 Å². The van der Waals surface area contributed by atoms with Gasteiger partial charge in [0.2, 0.25) is 0 Å². The van der Waals surface area contributed by atoms with Crippen molar-refractivity contribution in [1.82, 2.24) is 9.97 Å². The van der Waals surface area contributed by atoms with E-state index in [1.807, 2.05) is 6.92 Å². The Hall–Kier alpha value is -1.90. The van der Waals surface area contributed by atoms with Gasteiger partial charge >= 0.3 is 0 Å². The molecular formula is C21H29N3. The van der Waals surface area contributed by atoms with Crippen molar-refractivity contribution in [2.75, 3.05) is 5.32 Å². The fourth-order valence-electron chi connectivity index (χ4n) is 3.67. The second kappa shape index (κ2) is 8.27. The van der Waals surface area contributed by atoms with E-state index in [2.05, 4.69) is 53.6 Å². The maximum Gasteiger partial charge on any atom is 0.130 e. The van der Waals surface area contributed by atoms with Crippen molar-refractivity contribution in [2.24, 2.45) is 0 Å². The zero-order chi connectivity index (χ0) is 16.8. The minimum Gasteiger partial charge on any atom is -0.363 e. The predicted molar refractivity (Wildman–Crippen MR) is 100 cm³/mol. The van der Waals surface area contributed by atoms with Gasteiger partial charge in [0.1, 0.15) is 11.6 Å². The molecule has 2 aromatic rings. The molecule has 1 aliphatic carbocycles. The number of aryl methyl sites for hydroxylation is 1. The quantitative estimate of drug-likeness (QED) is 0.774. The first-order chi connectivity index (χ1) is 11.7. The molecule has 3 rings (SSSR count). The van der Waals surface area contributed by atoms with Gasteiger partial charge in [0.25, 0.3) is 0 Å². The largest absolute Gasteiger partial charge is 0.363 e. The molecular weight excluding hydrogens is 294 g/mol. The molecule has 0 saturated heterocycles. The Kier molecular flexibility index (Phi) is 5.84. The Morgan fingerprint density at radius 2 is 1.62 bits per heavy atom. The number of benzene rings is 1. The van der Waals surface area contributed by atoms with E-state index in [0.29, 0.717) is 5.92 Å². The molecule has 24 heavy (non-hydrogen) atoms. The topological polar surface area (TPSA) is 37.8 Å². The average Bonchev–Trinajstić information content (AvgIpc) is 2.54. The van der Waals surface area contributed by atoms with Gasteiger partial charge in [-0.25, -0.2) is 9.97 Å². The lowest BCUT2D eigenvalue weighted by Crippen LogP contribution is -2.11. The Bertz CT molecular complexity index is 631. The second-order valence-corrected chi connectivity index (χ2v) is 7.04. The molecule has 1 fully saturated rings. The number of anilines is 1. The molecule has 1 heterocycles. The van der Waals surface area contributed by atoms with E-state index in [9.17, 15) is 0 Å². The van der Waals surface area contributed by atoms with Crippen LogP contribution in [0.2, 0.25) is 0 Å². The number of aromatic nitrogens is 2. The van der Waals surface area contributed by atoms with E-state index in [0.717, 1.165) is 11.6 Å². The fourth-order valence-corrected chi connectivity index (χ4v) is 3.67. The van der Waals surface area contributed by atoms with Crippen LogP contribution in [0.5, 0.6) is 0 Å². The second-order valence-electron chi connectivity index (χ2n) is 7.04. The van der Waals surface area contributed by atoms with E-state index in [-0.39, 0.29) is 6.04 Å². The SMILES string of the molecule is Cc1nc(NC(C)c2ccccc2)cc(C2CCCCCCC2)n1. The van der Waals surface area contributed by atoms with Gasteiger partial charge in [-0.1, -0.05) is 62.4 Å². The highest BCUT2D eigenvalue weighted by atomic mass is 15.0. The summed E-state index contributed by atoms with van der Waals surface area (Å²) in [6.07, 6.45) is 9.34. The molecule has 1 N–H and O–H groups in total. The molecule has 0 amide bonds. The predicted octanol–water partition coefficient (Wildman–Crippen LogP) is 5.79. The summed E-state index contributed by atoms with van der Waals surface area (Å²) < 4.78 is 0. The molecule has 1 aromatic heterocycles. The fraction of sp³-hybridized carbons (Fsp3) is 0.524. The van der Waals surface area contributed by atoms with Crippen LogP contribution >= 0.6 is 0 Å². The van der Waals surface area contributed by atoms with E-state index in [1.165, 1.54) is 56.2 Å². The van der Waals surface area contributed by atoms with Gasteiger partial charge in [0.15, 0.2) is 0 Å². The maximum atomic E-state index is 4.76. The minimum atomic E-state index is 0.241. The molecule has 1 atom stereocenters. The van der Waals surface area contributed by atoms with Crippen LogP contribution in [-0.4, -0.2) is 9.97 Å². The third-order valence-electron chi connectivity index (χ3n) is 5.05. The van der Waals surface area contributed by atoms with Crippen LogP contribution in [0.1, 0.15) is 80.9 Å². The molecule has 0 aliphatic heterocycles. The van der Waals surface area contributed by atoms with Crippen molar-refractivity contribution in [3.63, 3.8) is 0 Å². The van der Waals surface area contributed by atoms with Crippen molar-refractivity contribution >= 4 is 5.82 Å². The van der Waals surface area contributed by atoms with E-state index >= 15 is 0 Å². The van der Waals surface area contributed by atoms with Gasteiger partial charge in [-0.3, -0.25) is 0 Å². The standard InChI is InChI=1S/C21H29N3/c1-16(18-11-9-6-10-12-18)22-21-15-20(23-17(2)24-21)19-13-7-4-3-5-8-14-19/h6,9-12,15-16,19H,3-5,7-8,13-14H2,1-2H3,(H,22,23,24). The van der Waals surface area contributed by atoms with Crippen molar-refractivity contribution in [1.29, 1.82) is 0 Å². The first kappa shape index (κ1) is 16.9. The Morgan fingerprint density at radius 1 is 0.958 bits per heavy atom. The highest BCUT2D eigenvalue weighted by Crippen LogP contribution is 2.31. The van der Waals surface area contributed by atoms with Gasteiger partial charge in [0, 0.05) is 23.7 Å². The lowest BCUT2D eigenvalue weighted by molar-refractivity contribution is 0.448. The molecule has 3 nitrogen and oxygen atoms in total. The molecule has 0 spiro atoms. The van der Waals surface area contributed by atoms with E-state index in [1.54, 1.807) is 0 Å². The zero-order valence-electron chi connectivity index (χ0n) is 15.0. The molecule has 0 bridgehead atoms. The van der Waals surface area contributed by atoms with Crippen LogP contribution in [0.25, 0.3) is 0 Å².